The zero-order chi connectivity index (χ0) is 21.2. The Bertz CT molecular complexity index is 814. The van der Waals surface area contributed by atoms with E-state index in [2.05, 4.69) is 18.4 Å². The molecule has 0 spiro atoms. The molecule has 2 heterocycles. The van der Waals surface area contributed by atoms with Gasteiger partial charge in [-0.15, -0.1) is 6.58 Å². The number of ether oxygens (including phenoxy) is 2. The summed E-state index contributed by atoms with van der Waals surface area (Å²) in [6, 6.07) is 10.1. The van der Waals surface area contributed by atoms with Gasteiger partial charge >= 0.3 is 0 Å². The molecule has 4 heteroatoms. The lowest BCUT2D eigenvalue weighted by atomic mass is 10.1. The fourth-order valence-corrected chi connectivity index (χ4v) is 3.49. The van der Waals surface area contributed by atoms with E-state index < -0.39 is 12.2 Å². The van der Waals surface area contributed by atoms with Gasteiger partial charge in [0.25, 0.3) is 0 Å². The van der Waals surface area contributed by atoms with Gasteiger partial charge in [0.2, 0.25) is 0 Å². The van der Waals surface area contributed by atoms with Gasteiger partial charge in [0.05, 0.1) is 18.3 Å². The second kappa shape index (κ2) is 11.7. The van der Waals surface area contributed by atoms with E-state index in [0.29, 0.717) is 12.8 Å². The second-order valence-electron chi connectivity index (χ2n) is 7.53. The highest BCUT2D eigenvalue weighted by atomic mass is 16.6. The summed E-state index contributed by atoms with van der Waals surface area (Å²) in [5.41, 5.74) is 1.19. The Morgan fingerprint density at radius 1 is 1.03 bits per heavy atom. The van der Waals surface area contributed by atoms with E-state index in [1.807, 2.05) is 60.7 Å². The van der Waals surface area contributed by atoms with Crippen LogP contribution in [0.3, 0.4) is 0 Å². The SMILES string of the molecule is C=CC[C@@H]1C=C[C@@H]2O[C@H](C/C=C\C#CC(O)CCc3ccccc3)[C@@H](O)C=C[C@H]2O1. The third-order valence-corrected chi connectivity index (χ3v) is 5.15. The maximum absolute atomic E-state index is 10.4. The molecular weight excluding hydrogens is 376 g/mol. The average molecular weight is 407 g/mol. The number of allylic oxidation sites excluding steroid dienone is 1. The van der Waals surface area contributed by atoms with Crippen molar-refractivity contribution in [2.45, 2.75) is 62.3 Å². The Labute approximate surface area is 179 Å². The summed E-state index contributed by atoms with van der Waals surface area (Å²) in [5.74, 6) is 5.72. The lowest BCUT2D eigenvalue weighted by Gasteiger charge is -2.31. The van der Waals surface area contributed by atoms with Crippen LogP contribution in [-0.2, 0) is 15.9 Å². The number of fused-ring (bicyclic) bond motifs is 1. The lowest BCUT2D eigenvalue weighted by molar-refractivity contribution is -0.0995. The number of hydrogen-bond donors (Lipinski definition) is 2. The highest BCUT2D eigenvalue weighted by Crippen LogP contribution is 2.25. The Hall–Kier alpha value is -2.42. The molecule has 0 saturated heterocycles. The van der Waals surface area contributed by atoms with Crippen molar-refractivity contribution < 1.29 is 19.7 Å². The van der Waals surface area contributed by atoms with Crippen molar-refractivity contribution in [2.24, 2.45) is 0 Å². The predicted molar refractivity (Wildman–Crippen MR) is 119 cm³/mol. The standard InChI is InChI=1S/C26H30O4/c1-2-9-22-16-18-26-25(29-22)19-17-23(28)24(30-26)13-8-4-7-12-21(27)15-14-20-10-5-3-6-11-20/h2-6,8,10-11,16-19,21-28H,1,9,13-15H2/b8-4-/t21?,22-,23+,24-,25-,26+/m1/s1. The van der Waals surface area contributed by atoms with Crippen LogP contribution >= 0.6 is 0 Å². The number of aryl methyl sites for hydroxylation is 1. The molecule has 1 unspecified atom stereocenters. The molecule has 0 radical (unpaired) electrons. The van der Waals surface area contributed by atoms with Crippen LogP contribution < -0.4 is 0 Å². The fraction of sp³-hybridized carbons (Fsp3) is 0.385. The van der Waals surface area contributed by atoms with Gasteiger partial charge in [0, 0.05) is 0 Å². The Kier molecular flexibility index (Phi) is 8.67. The number of aliphatic hydroxyl groups is 2. The Morgan fingerprint density at radius 3 is 2.60 bits per heavy atom. The third kappa shape index (κ3) is 6.83. The van der Waals surface area contributed by atoms with Crippen molar-refractivity contribution in [1.82, 2.24) is 0 Å². The van der Waals surface area contributed by atoms with E-state index >= 15 is 0 Å². The van der Waals surface area contributed by atoms with Crippen molar-refractivity contribution in [3.8, 4) is 11.8 Å². The van der Waals surface area contributed by atoms with E-state index in [0.717, 1.165) is 12.8 Å². The highest BCUT2D eigenvalue weighted by Gasteiger charge is 2.32. The molecular formula is C26H30O4. The first-order valence-electron chi connectivity index (χ1n) is 10.5. The van der Waals surface area contributed by atoms with Gasteiger partial charge in [-0.25, -0.2) is 0 Å². The van der Waals surface area contributed by atoms with E-state index in [1.54, 1.807) is 12.2 Å². The first-order valence-corrected chi connectivity index (χ1v) is 10.5. The second-order valence-corrected chi connectivity index (χ2v) is 7.53. The maximum atomic E-state index is 10.4. The van der Waals surface area contributed by atoms with E-state index in [9.17, 15) is 10.2 Å². The van der Waals surface area contributed by atoms with Gasteiger partial charge in [0.1, 0.15) is 18.3 Å². The average Bonchev–Trinajstić information content (AvgIpc) is 2.92. The number of aliphatic hydroxyl groups excluding tert-OH is 2. The zero-order valence-corrected chi connectivity index (χ0v) is 17.1. The van der Waals surface area contributed by atoms with Gasteiger partial charge in [-0.3, -0.25) is 0 Å². The van der Waals surface area contributed by atoms with Crippen LogP contribution in [-0.4, -0.2) is 46.8 Å². The van der Waals surface area contributed by atoms with Crippen LogP contribution in [0.1, 0.15) is 24.8 Å². The molecule has 3 rings (SSSR count). The summed E-state index contributed by atoms with van der Waals surface area (Å²) in [7, 11) is 0. The molecule has 0 fully saturated rings. The largest absolute Gasteiger partial charge is 0.386 e. The van der Waals surface area contributed by atoms with Gasteiger partial charge < -0.3 is 19.7 Å². The summed E-state index contributed by atoms with van der Waals surface area (Å²) in [5, 5.41) is 20.4. The van der Waals surface area contributed by atoms with Gasteiger partial charge in [-0.1, -0.05) is 78.6 Å². The molecule has 1 aromatic rings. The van der Waals surface area contributed by atoms with Crippen LogP contribution in [0.4, 0.5) is 0 Å². The smallest absolute Gasteiger partial charge is 0.115 e. The van der Waals surface area contributed by atoms with Crippen molar-refractivity contribution in [3.63, 3.8) is 0 Å². The van der Waals surface area contributed by atoms with Crippen molar-refractivity contribution >= 4 is 0 Å². The summed E-state index contributed by atoms with van der Waals surface area (Å²) in [6.07, 6.45) is 13.5. The minimum absolute atomic E-state index is 0.00539. The monoisotopic (exact) mass is 406 g/mol. The summed E-state index contributed by atoms with van der Waals surface area (Å²) < 4.78 is 12.1. The van der Waals surface area contributed by atoms with Gasteiger partial charge in [-0.05, 0) is 37.3 Å². The zero-order valence-electron chi connectivity index (χ0n) is 17.1. The van der Waals surface area contributed by atoms with Gasteiger partial charge in [-0.2, -0.15) is 0 Å². The number of rotatable bonds is 7. The molecule has 6 atom stereocenters. The molecule has 2 aliphatic rings. The van der Waals surface area contributed by atoms with E-state index in [1.165, 1.54) is 5.56 Å². The van der Waals surface area contributed by atoms with Crippen molar-refractivity contribution in [3.05, 3.63) is 85.0 Å². The Balaban J connectivity index is 1.46. The fourth-order valence-electron chi connectivity index (χ4n) is 3.49. The normalized spacial score (nSPS) is 28.9. The molecule has 4 nitrogen and oxygen atoms in total. The van der Waals surface area contributed by atoms with E-state index in [4.69, 9.17) is 9.47 Å². The Morgan fingerprint density at radius 2 is 1.80 bits per heavy atom. The minimum Gasteiger partial charge on any atom is -0.386 e. The molecule has 30 heavy (non-hydrogen) atoms. The quantitative estimate of drug-likeness (QED) is 0.537. The molecule has 0 aromatic heterocycles. The van der Waals surface area contributed by atoms with Gasteiger partial charge in [0.15, 0.2) is 0 Å². The molecule has 0 aliphatic carbocycles. The maximum Gasteiger partial charge on any atom is 0.115 e. The van der Waals surface area contributed by atoms with Crippen LogP contribution in [0.15, 0.2) is 79.4 Å². The molecule has 1 aromatic carbocycles. The lowest BCUT2D eigenvalue weighted by Crippen LogP contribution is -2.38. The van der Waals surface area contributed by atoms with Crippen molar-refractivity contribution in [2.75, 3.05) is 0 Å². The third-order valence-electron chi connectivity index (χ3n) is 5.15. The predicted octanol–water partition coefficient (Wildman–Crippen LogP) is 3.51. The number of benzene rings is 1. The topological polar surface area (TPSA) is 58.9 Å². The summed E-state index contributed by atoms with van der Waals surface area (Å²) in [4.78, 5) is 0. The first-order chi connectivity index (χ1) is 14.7. The molecule has 0 bridgehead atoms. The van der Waals surface area contributed by atoms with Crippen LogP contribution in [0, 0.1) is 11.8 Å². The molecule has 0 amide bonds. The number of hydrogen-bond acceptors (Lipinski definition) is 4. The van der Waals surface area contributed by atoms with Crippen LogP contribution in [0.2, 0.25) is 0 Å². The first kappa shape index (κ1) is 22.3. The molecule has 2 aliphatic heterocycles. The van der Waals surface area contributed by atoms with Crippen LogP contribution in [0.5, 0.6) is 0 Å². The van der Waals surface area contributed by atoms with Crippen molar-refractivity contribution in [1.29, 1.82) is 0 Å². The van der Waals surface area contributed by atoms with Crippen LogP contribution in [0.25, 0.3) is 0 Å². The molecule has 2 N–H and O–H groups in total. The highest BCUT2D eigenvalue weighted by molar-refractivity contribution is 5.20. The summed E-state index contributed by atoms with van der Waals surface area (Å²) in [6.45, 7) is 3.75. The summed E-state index contributed by atoms with van der Waals surface area (Å²) >= 11 is 0. The molecule has 158 valence electrons. The minimum atomic E-state index is -0.709. The van der Waals surface area contributed by atoms with E-state index in [-0.39, 0.29) is 24.4 Å². The molecule has 0 saturated carbocycles.